The second kappa shape index (κ2) is 5.42. The number of aryl methyl sites for hydroxylation is 1. The van der Waals surface area contributed by atoms with Crippen LogP contribution in [0.2, 0.25) is 5.02 Å². The van der Waals surface area contributed by atoms with Gasteiger partial charge in [-0.15, -0.1) is 11.3 Å². The molecule has 0 spiro atoms. The highest BCUT2D eigenvalue weighted by molar-refractivity contribution is 9.10. The van der Waals surface area contributed by atoms with E-state index >= 15 is 0 Å². The molecule has 0 radical (unpaired) electrons. The summed E-state index contributed by atoms with van der Waals surface area (Å²) >= 11 is 11.3. The number of halogens is 2. The number of hydrogen-bond acceptors (Lipinski definition) is 2. The summed E-state index contributed by atoms with van der Waals surface area (Å²) in [7, 11) is 0. The van der Waals surface area contributed by atoms with Crippen LogP contribution in [-0.4, -0.2) is 0 Å². The number of anilines is 1. The zero-order valence-corrected chi connectivity index (χ0v) is 12.8. The van der Waals surface area contributed by atoms with Crippen LogP contribution in [0.5, 0.6) is 0 Å². The molecule has 1 heterocycles. The number of thiophene rings is 1. The van der Waals surface area contributed by atoms with Crippen molar-refractivity contribution in [3.63, 3.8) is 0 Å². The summed E-state index contributed by atoms with van der Waals surface area (Å²) in [5.41, 5.74) is 1.04. The van der Waals surface area contributed by atoms with Crippen molar-refractivity contribution < 1.29 is 0 Å². The molecule has 2 aromatic rings. The van der Waals surface area contributed by atoms with Gasteiger partial charge in [-0.2, -0.15) is 0 Å². The van der Waals surface area contributed by atoms with Crippen molar-refractivity contribution in [1.82, 2.24) is 0 Å². The van der Waals surface area contributed by atoms with Gasteiger partial charge in [0.05, 0.1) is 11.1 Å². The summed E-state index contributed by atoms with van der Waals surface area (Å²) in [6.45, 7) is 4.28. The van der Waals surface area contributed by atoms with Gasteiger partial charge >= 0.3 is 0 Å². The second-order valence-electron chi connectivity index (χ2n) is 3.94. The highest BCUT2D eigenvalue weighted by Gasteiger charge is 2.08. The molecule has 1 atom stereocenters. The van der Waals surface area contributed by atoms with Gasteiger partial charge in [0.15, 0.2) is 0 Å². The van der Waals surface area contributed by atoms with E-state index in [1.165, 1.54) is 9.75 Å². The number of hydrogen-bond donors (Lipinski definition) is 1. The molecule has 0 fully saturated rings. The van der Waals surface area contributed by atoms with E-state index in [-0.39, 0.29) is 0 Å². The average Bonchev–Trinajstić information content (AvgIpc) is 2.70. The van der Waals surface area contributed by atoms with Crippen molar-refractivity contribution in [3.8, 4) is 0 Å². The molecule has 0 saturated heterocycles. The number of rotatable bonds is 3. The highest BCUT2D eigenvalue weighted by Crippen LogP contribution is 2.29. The smallest absolute Gasteiger partial charge is 0.0578 e. The van der Waals surface area contributed by atoms with Gasteiger partial charge in [-0.1, -0.05) is 11.6 Å². The molecule has 1 N–H and O–H groups in total. The average molecular weight is 331 g/mol. The van der Waals surface area contributed by atoms with Crippen LogP contribution < -0.4 is 5.32 Å². The summed E-state index contributed by atoms with van der Waals surface area (Å²) in [5.74, 6) is 0. The Kier molecular flexibility index (Phi) is 4.13. The van der Waals surface area contributed by atoms with Crippen LogP contribution in [0.1, 0.15) is 22.7 Å². The number of nitrogens with one attached hydrogen (secondary N) is 1. The molecule has 0 aliphatic rings. The molecule has 2 rings (SSSR count). The Hall–Kier alpha value is -0.510. The molecule has 90 valence electrons. The molecule has 1 nitrogen and oxygen atoms in total. The third-order valence-electron chi connectivity index (χ3n) is 2.49. The maximum atomic E-state index is 6.06. The van der Waals surface area contributed by atoms with Crippen LogP contribution in [0, 0.1) is 6.92 Å². The van der Waals surface area contributed by atoms with E-state index in [0.717, 1.165) is 15.2 Å². The van der Waals surface area contributed by atoms with E-state index in [1.807, 2.05) is 29.5 Å². The van der Waals surface area contributed by atoms with Gasteiger partial charge in [-0.05, 0) is 60.1 Å². The zero-order valence-electron chi connectivity index (χ0n) is 9.63. The zero-order chi connectivity index (χ0) is 12.4. The minimum atomic E-state index is 0.297. The fraction of sp³-hybridized carbons (Fsp3) is 0.231. The first kappa shape index (κ1) is 12.9. The van der Waals surface area contributed by atoms with Crippen molar-refractivity contribution in [1.29, 1.82) is 0 Å². The second-order valence-corrected chi connectivity index (χ2v) is 6.52. The molecular formula is C13H13BrClNS. The van der Waals surface area contributed by atoms with E-state index in [1.54, 1.807) is 0 Å². The predicted octanol–water partition coefficient (Wildman–Crippen LogP) is 5.65. The van der Waals surface area contributed by atoms with Gasteiger partial charge in [0.1, 0.15) is 0 Å². The predicted molar refractivity (Wildman–Crippen MR) is 80.2 cm³/mol. The molecule has 1 unspecified atom stereocenters. The minimum Gasteiger partial charge on any atom is -0.378 e. The first-order valence-corrected chi connectivity index (χ1v) is 7.33. The van der Waals surface area contributed by atoms with E-state index < -0.39 is 0 Å². The fourth-order valence-electron chi connectivity index (χ4n) is 1.59. The molecule has 0 amide bonds. The molecule has 0 saturated carbocycles. The van der Waals surface area contributed by atoms with Crippen LogP contribution >= 0.6 is 38.9 Å². The lowest BCUT2D eigenvalue weighted by atomic mass is 10.2. The molecule has 0 aliphatic heterocycles. The summed E-state index contributed by atoms with van der Waals surface area (Å²) in [6.07, 6.45) is 0. The molecule has 1 aromatic heterocycles. The Balaban J connectivity index is 2.12. The van der Waals surface area contributed by atoms with Crippen LogP contribution in [0.4, 0.5) is 5.69 Å². The SMILES string of the molecule is Cc1ccc(C(C)Nc2ccc(Br)c(Cl)c2)s1. The van der Waals surface area contributed by atoms with Gasteiger partial charge < -0.3 is 5.32 Å². The first-order chi connectivity index (χ1) is 8.06. The van der Waals surface area contributed by atoms with Crippen LogP contribution in [0.15, 0.2) is 34.8 Å². The quantitative estimate of drug-likeness (QED) is 0.767. The Morgan fingerprint density at radius 1 is 1.29 bits per heavy atom. The van der Waals surface area contributed by atoms with Crippen molar-refractivity contribution in [3.05, 3.63) is 49.6 Å². The monoisotopic (exact) mass is 329 g/mol. The lowest BCUT2D eigenvalue weighted by Gasteiger charge is -2.14. The lowest BCUT2D eigenvalue weighted by molar-refractivity contribution is 0.908. The molecular weight excluding hydrogens is 318 g/mol. The molecule has 1 aromatic carbocycles. The van der Waals surface area contributed by atoms with Crippen molar-refractivity contribution in [2.24, 2.45) is 0 Å². The van der Waals surface area contributed by atoms with Gasteiger partial charge in [0.2, 0.25) is 0 Å². The third-order valence-corrected chi connectivity index (χ3v) is 4.91. The van der Waals surface area contributed by atoms with Crippen LogP contribution in [0.3, 0.4) is 0 Å². The Labute approximate surface area is 119 Å². The van der Waals surface area contributed by atoms with Crippen molar-refractivity contribution in [2.75, 3.05) is 5.32 Å². The Bertz CT molecular complexity index is 524. The van der Waals surface area contributed by atoms with E-state index in [2.05, 4.69) is 47.2 Å². The molecule has 17 heavy (non-hydrogen) atoms. The van der Waals surface area contributed by atoms with Gasteiger partial charge in [0, 0.05) is 19.9 Å². The summed E-state index contributed by atoms with van der Waals surface area (Å²) < 4.78 is 0.921. The summed E-state index contributed by atoms with van der Waals surface area (Å²) in [6, 6.07) is 10.5. The van der Waals surface area contributed by atoms with Crippen molar-refractivity contribution in [2.45, 2.75) is 19.9 Å². The topological polar surface area (TPSA) is 12.0 Å². The number of benzene rings is 1. The van der Waals surface area contributed by atoms with Gasteiger partial charge in [-0.25, -0.2) is 0 Å². The summed E-state index contributed by atoms with van der Waals surface area (Å²) in [4.78, 5) is 2.67. The largest absolute Gasteiger partial charge is 0.378 e. The van der Waals surface area contributed by atoms with E-state index in [0.29, 0.717) is 6.04 Å². The fourth-order valence-corrected chi connectivity index (χ4v) is 2.90. The van der Waals surface area contributed by atoms with Crippen molar-refractivity contribution >= 4 is 44.6 Å². The van der Waals surface area contributed by atoms with Crippen LogP contribution in [0.25, 0.3) is 0 Å². The normalized spacial score (nSPS) is 12.5. The third kappa shape index (κ3) is 3.24. The summed E-state index contributed by atoms with van der Waals surface area (Å²) in [5, 5.41) is 4.17. The lowest BCUT2D eigenvalue weighted by Crippen LogP contribution is -2.04. The Morgan fingerprint density at radius 2 is 2.06 bits per heavy atom. The molecule has 0 aliphatic carbocycles. The highest BCUT2D eigenvalue weighted by atomic mass is 79.9. The molecule has 0 bridgehead atoms. The van der Waals surface area contributed by atoms with E-state index in [4.69, 9.17) is 11.6 Å². The maximum Gasteiger partial charge on any atom is 0.0578 e. The van der Waals surface area contributed by atoms with E-state index in [9.17, 15) is 0 Å². The van der Waals surface area contributed by atoms with Crippen LogP contribution in [-0.2, 0) is 0 Å². The van der Waals surface area contributed by atoms with Gasteiger partial charge in [0.25, 0.3) is 0 Å². The maximum absolute atomic E-state index is 6.06. The first-order valence-electron chi connectivity index (χ1n) is 5.34. The van der Waals surface area contributed by atoms with Gasteiger partial charge in [-0.3, -0.25) is 0 Å². The standard InChI is InChI=1S/C13H13BrClNS/c1-8-3-6-13(17-8)9(2)16-10-4-5-11(14)12(15)7-10/h3-7,9,16H,1-2H3. The molecule has 4 heteroatoms. The Morgan fingerprint density at radius 3 is 2.65 bits per heavy atom. The minimum absolute atomic E-state index is 0.297.